The first kappa shape index (κ1) is 22.6. The van der Waals surface area contributed by atoms with Crippen molar-refractivity contribution in [3.05, 3.63) is 88.4 Å². The molecule has 1 unspecified atom stereocenters. The number of hydrogen-bond acceptors (Lipinski definition) is 5. The molecule has 0 saturated carbocycles. The van der Waals surface area contributed by atoms with Gasteiger partial charge in [0.1, 0.15) is 0 Å². The van der Waals surface area contributed by atoms with Crippen molar-refractivity contribution in [2.45, 2.75) is 19.2 Å². The minimum Gasteiger partial charge on any atom is -0.349 e. The van der Waals surface area contributed by atoms with Crippen LogP contribution in [0.4, 0.5) is 0 Å². The molecule has 3 aromatic carbocycles. The summed E-state index contributed by atoms with van der Waals surface area (Å²) in [5.41, 5.74) is 8.03. The molecule has 0 bridgehead atoms. The minimum absolute atomic E-state index is 0.0221. The summed E-state index contributed by atoms with van der Waals surface area (Å²) in [7, 11) is 0. The van der Waals surface area contributed by atoms with Gasteiger partial charge >= 0.3 is 0 Å². The molecule has 4 aromatic rings. The fourth-order valence-corrected chi connectivity index (χ4v) is 6.31. The zero-order valence-electron chi connectivity index (χ0n) is 19.1. The molecule has 2 amide bonds. The number of rotatable bonds is 5. The van der Waals surface area contributed by atoms with Crippen LogP contribution in [0.25, 0.3) is 21.3 Å². The molecule has 0 spiro atoms. The highest BCUT2D eigenvalue weighted by molar-refractivity contribution is 8.00. The van der Waals surface area contributed by atoms with Crippen LogP contribution in [-0.2, 0) is 0 Å². The van der Waals surface area contributed by atoms with E-state index in [2.05, 4.69) is 16.4 Å². The molecule has 1 aliphatic heterocycles. The van der Waals surface area contributed by atoms with Gasteiger partial charge in [0.05, 0.1) is 32.2 Å². The third kappa shape index (κ3) is 4.21. The predicted molar refractivity (Wildman–Crippen MR) is 141 cm³/mol. The Morgan fingerprint density at radius 1 is 1.06 bits per heavy atom. The predicted octanol–water partition coefficient (Wildman–Crippen LogP) is 5.53. The van der Waals surface area contributed by atoms with E-state index in [0.29, 0.717) is 18.7 Å². The van der Waals surface area contributed by atoms with Crippen LogP contribution in [0.1, 0.15) is 31.8 Å². The van der Waals surface area contributed by atoms with E-state index < -0.39 is 0 Å². The van der Waals surface area contributed by atoms with Crippen molar-refractivity contribution in [3.8, 4) is 11.1 Å². The van der Waals surface area contributed by atoms with Crippen LogP contribution in [0.3, 0.4) is 0 Å². The lowest BCUT2D eigenvalue weighted by Gasteiger charge is -2.26. The zero-order valence-corrected chi connectivity index (χ0v) is 20.7. The van der Waals surface area contributed by atoms with Crippen molar-refractivity contribution in [1.29, 1.82) is 0 Å². The minimum atomic E-state index is -0.133. The first-order valence-electron chi connectivity index (χ1n) is 11.2. The van der Waals surface area contributed by atoms with Gasteiger partial charge in [-0.05, 0) is 48.2 Å². The number of nitrogens with zero attached hydrogens (tertiary/aromatic N) is 2. The third-order valence-electron chi connectivity index (χ3n) is 6.32. The second kappa shape index (κ2) is 9.60. The Kier molecular flexibility index (Phi) is 6.39. The Labute approximate surface area is 207 Å². The molecule has 172 valence electrons. The zero-order chi connectivity index (χ0) is 23.7. The number of thiazole rings is 1. The number of amides is 2. The molecule has 2 heterocycles. The smallest absolute Gasteiger partial charge is 0.255 e. The fourth-order valence-electron chi connectivity index (χ4n) is 4.36. The summed E-state index contributed by atoms with van der Waals surface area (Å²) in [6.07, 6.45) is 0. The topological polar surface area (TPSA) is 62.3 Å². The van der Waals surface area contributed by atoms with Gasteiger partial charge < -0.3 is 10.2 Å². The van der Waals surface area contributed by atoms with Gasteiger partial charge in [-0.2, -0.15) is 0 Å². The average molecular weight is 488 g/mol. The molecular formula is C27H25N3O2S2. The Bertz CT molecular complexity index is 1370. The molecule has 1 aromatic heterocycles. The summed E-state index contributed by atoms with van der Waals surface area (Å²) in [5.74, 6) is 0.739. The van der Waals surface area contributed by atoms with Crippen LogP contribution >= 0.6 is 23.1 Å². The lowest BCUT2D eigenvalue weighted by atomic mass is 9.92. The number of thioether (sulfide) groups is 1. The number of aromatic nitrogens is 1. The summed E-state index contributed by atoms with van der Waals surface area (Å²) in [4.78, 5) is 33.0. The number of nitrogens with one attached hydrogen (secondary N) is 1. The maximum absolute atomic E-state index is 13.9. The van der Waals surface area contributed by atoms with E-state index in [-0.39, 0.29) is 17.2 Å². The molecule has 0 aliphatic carbocycles. The Morgan fingerprint density at radius 3 is 2.71 bits per heavy atom. The van der Waals surface area contributed by atoms with E-state index in [1.165, 1.54) is 11.3 Å². The van der Waals surface area contributed by atoms with Crippen molar-refractivity contribution < 1.29 is 9.59 Å². The molecule has 1 saturated heterocycles. The van der Waals surface area contributed by atoms with Crippen LogP contribution in [-0.4, -0.2) is 45.9 Å². The van der Waals surface area contributed by atoms with E-state index in [1.54, 1.807) is 17.3 Å². The van der Waals surface area contributed by atoms with Crippen LogP contribution in [0.15, 0.2) is 66.2 Å². The standard InChI is InChI=1S/C27H25N3O2S2/c1-17-11-12-20(19-7-4-3-5-8-19)24(18(17)2)27(32)30-13-14-33-23(30)15-28-26(31)21-9-6-10-22-25(21)34-16-29-22/h3-12,16,23H,13-15H2,1-2H3,(H,28,31). The molecule has 1 fully saturated rings. The Morgan fingerprint density at radius 2 is 1.88 bits per heavy atom. The highest BCUT2D eigenvalue weighted by Gasteiger charge is 2.32. The molecule has 0 radical (unpaired) electrons. The molecule has 5 nitrogen and oxygen atoms in total. The highest BCUT2D eigenvalue weighted by Crippen LogP contribution is 2.33. The highest BCUT2D eigenvalue weighted by atomic mass is 32.2. The fraction of sp³-hybridized carbons (Fsp3) is 0.222. The summed E-state index contributed by atoms with van der Waals surface area (Å²) < 4.78 is 0.884. The van der Waals surface area contributed by atoms with Crippen LogP contribution in [0.5, 0.6) is 0 Å². The lowest BCUT2D eigenvalue weighted by molar-refractivity contribution is 0.0751. The second-order valence-corrected chi connectivity index (χ2v) is 10.5. The van der Waals surface area contributed by atoms with Gasteiger partial charge in [-0.25, -0.2) is 4.98 Å². The van der Waals surface area contributed by atoms with Gasteiger partial charge in [0.2, 0.25) is 0 Å². The molecule has 1 aliphatic rings. The van der Waals surface area contributed by atoms with Crippen molar-refractivity contribution in [3.63, 3.8) is 0 Å². The van der Waals surface area contributed by atoms with Gasteiger partial charge in [-0.3, -0.25) is 9.59 Å². The van der Waals surface area contributed by atoms with E-state index in [9.17, 15) is 9.59 Å². The quantitative estimate of drug-likeness (QED) is 0.402. The van der Waals surface area contributed by atoms with Crippen molar-refractivity contribution in [2.24, 2.45) is 0 Å². The van der Waals surface area contributed by atoms with Crippen LogP contribution in [0, 0.1) is 13.8 Å². The monoisotopic (exact) mass is 487 g/mol. The number of aryl methyl sites for hydroxylation is 1. The summed E-state index contributed by atoms with van der Waals surface area (Å²) in [6.45, 7) is 5.12. The SMILES string of the molecule is Cc1ccc(-c2ccccc2)c(C(=O)N2CCSC2CNC(=O)c2cccc3ncsc23)c1C. The lowest BCUT2D eigenvalue weighted by Crippen LogP contribution is -2.42. The summed E-state index contributed by atoms with van der Waals surface area (Å²) >= 11 is 3.17. The van der Waals surface area contributed by atoms with Crippen LogP contribution < -0.4 is 5.32 Å². The van der Waals surface area contributed by atoms with E-state index in [0.717, 1.165) is 43.8 Å². The van der Waals surface area contributed by atoms with Crippen molar-refractivity contribution in [1.82, 2.24) is 15.2 Å². The third-order valence-corrected chi connectivity index (χ3v) is 8.42. The number of fused-ring (bicyclic) bond motifs is 1. The average Bonchev–Trinajstić information content (AvgIpc) is 3.53. The van der Waals surface area contributed by atoms with Crippen LogP contribution in [0.2, 0.25) is 0 Å². The molecule has 5 rings (SSSR count). The van der Waals surface area contributed by atoms with E-state index in [4.69, 9.17) is 0 Å². The number of carbonyl (C=O) groups excluding carboxylic acids is 2. The van der Waals surface area contributed by atoms with E-state index in [1.807, 2.05) is 73.3 Å². The van der Waals surface area contributed by atoms with Gasteiger partial charge in [-0.15, -0.1) is 23.1 Å². The molecule has 7 heteroatoms. The maximum atomic E-state index is 13.9. The second-order valence-electron chi connectivity index (χ2n) is 8.34. The number of hydrogen-bond donors (Lipinski definition) is 1. The van der Waals surface area contributed by atoms with Gasteiger partial charge in [0.25, 0.3) is 11.8 Å². The van der Waals surface area contributed by atoms with Crippen molar-refractivity contribution in [2.75, 3.05) is 18.8 Å². The molecular weight excluding hydrogens is 462 g/mol. The van der Waals surface area contributed by atoms with Crippen molar-refractivity contribution >= 4 is 45.1 Å². The number of carbonyl (C=O) groups is 2. The van der Waals surface area contributed by atoms with E-state index >= 15 is 0 Å². The van der Waals surface area contributed by atoms with Gasteiger partial charge in [-0.1, -0.05) is 48.5 Å². The Hall–Kier alpha value is -3.16. The largest absolute Gasteiger partial charge is 0.349 e. The summed E-state index contributed by atoms with van der Waals surface area (Å²) in [5, 5.41) is 2.95. The normalized spacial score (nSPS) is 15.6. The maximum Gasteiger partial charge on any atom is 0.255 e. The summed E-state index contributed by atoms with van der Waals surface area (Å²) in [6, 6.07) is 19.7. The Balaban J connectivity index is 1.38. The first-order chi connectivity index (χ1) is 16.5. The molecule has 34 heavy (non-hydrogen) atoms. The number of benzene rings is 3. The van der Waals surface area contributed by atoms with Gasteiger partial charge in [0.15, 0.2) is 0 Å². The van der Waals surface area contributed by atoms with Gasteiger partial charge in [0, 0.05) is 18.8 Å². The molecule has 1 atom stereocenters. The first-order valence-corrected chi connectivity index (χ1v) is 13.2. The molecule has 1 N–H and O–H groups in total.